The SMILES string of the molecule is CNC(CCc1ccncc1)c1cccc2cccnc12. The van der Waals surface area contributed by atoms with Crippen molar-refractivity contribution in [1.29, 1.82) is 0 Å². The van der Waals surface area contributed by atoms with Gasteiger partial charge < -0.3 is 5.32 Å². The van der Waals surface area contributed by atoms with Gasteiger partial charge in [-0.3, -0.25) is 9.97 Å². The van der Waals surface area contributed by atoms with E-state index in [4.69, 9.17) is 0 Å². The number of hydrogen-bond acceptors (Lipinski definition) is 3. The number of rotatable bonds is 5. The molecule has 1 atom stereocenters. The highest BCUT2D eigenvalue weighted by Gasteiger charge is 2.13. The van der Waals surface area contributed by atoms with Crippen LogP contribution in [0.3, 0.4) is 0 Å². The summed E-state index contributed by atoms with van der Waals surface area (Å²) in [7, 11) is 2.01. The molecule has 3 rings (SSSR count). The average Bonchev–Trinajstić information content (AvgIpc) is 2.56. The quantitative estimate of drug-likeness (QED) is 0.775. The van der Waals surface area contributed by atoms with Gasteiger partial charge in [0.1, 0.15) is 0 Å². The van der Waals surface area contributed by atoms with Crippen LogP contribution in [0.2, 0.25) is 0 Å². The maximum absolute atomic E-state index is 4.56. The first-order chi connectivity index (χ1) is 10.4. The molecule has 0 aliphatic heterocycles. The highest BCUT2D eigenvalue weighted by molar-refractivity contribution is 5.82. The summed E-state index contributed by atoms with van der Waals surface area (Å²) < 4.78 is 0. The zero-order valence-corrected chi connectivity index (χ0v) is 12.2. The minimum atomic E-state index is 0.303. The molecule has 1 aromatic carbocycles. The summed E-state index contributed by atoms with van der Waals surface area (Å²) in [4.78, 5) is 8.62. The first-order valence-electron chi connectivity index (χ1n) is 7.28. The Morgan fingerprint density at radius 1 is 1.00 bits per heavy atom. The number of fused-ring (bicyclic) bond motifs is 1. The van der Waals surface area contributed by atoms with Crippen molar-refractivity contribution in [3.8, 4) is 0 Å². The minimum Gasteiger partial charge on any atom is -0.313 e. The fraction of sp³-hybridized carbons (Fsp3) is 0.222. The van der Waals surface area contributed by atoms with Crippen LogP contribution in [0.1, 0.15) is 23.6 Å². The predicted molar refractivity (Wildman–Crippen MR) is 86.1 cm³/mol. The van der Waals surface area contributed by atoms with Gasteiger partial charge in [-0.2, -0.15) is 0 Å². The van der Waals surface area contributed by atoms with E-state index >= 15 is 0 Å². The van der Waals surface area contributed by atoms with Crippen molar-refractivity contribution in [2.24, 2.45) is 0 Å². The Labute approximate surface area is 125 Å². The fourth-order valence-electron chi connectivity index (χ4n) is 2.72. The average molecular weight is 277 g/mol. The molecule has 3 aromatic rings. The summed E-state index contributed by atoms with van der Waals surface area (Å²) in [6.07, 6.45) is 7.63. The molecule has 0 aliphatic carbocycles. The first kappa shape index (κ1) is 13.7. The topological polar surface area (TPSA) is 37.8 Å². The van der Waals surface area contributed by atoms with Gasteiger partial charge >= 0.3 is 0 Å². The number of aromatic nitrogens is 2. The Kier molecular flexibility index (Phi) is 4.22. The lowest BCUT2D eigenvalue weighted by molar-refractivity contribution is 0.552. The summed E-state index contributed by atoms with van der Waals surface area (Å²) in [5, 5.41) is 4.62. The van der Waals surface area contributed by atoms with E-state index < -0.39 is 0 Å². The van der Waals surface area contributed by atoms with E-state index in [1.807, 2.05) is 31.7 Å². The van der Waals surface area contributed by atoms with Crippen molar-refractivity contribution in [3.63, 3.8) is 0 Å². The lowest BCUT2D eigenvalue weighted by Gasteiger charge is -2.18. The number of benzene rings is 1. The second kappa shape index (κ2) is 6.46. The molecule has 3 nitrogen and oxygen atoms in total. The molecular formula is C18H19N3. The molecule has 0 saturated carbocycles. The molecule has 2 heterocycles. The molecule has 0 amide bonds. The van der Waals surface area contributed by atoms with Crippen molar-refractivity contribution in [2.75, 3.05) is 7.05 Å². The monoisotopic (exact) mass is 277 g/mol. The van der Waals surface area contributed by atoms with Gasteiger partial charge in [-0.15, -0.1) is 0 Å². The second-order valence-electron chi connectivity index (χ2n) is 5.16. The molecule has 0 saturated heterocycles. The summed E-state index contributed by atoms with van der Waals surface area (Å²) >= 11 is 0. The molecule has 0 bridgehead atoms. The number of aryl methyl sites for hydroxylation is 1. The zero-order valence-electron chi connectivity index (χ0n) is 12.2. The highest BCUT2D eigenvalue weighted by atomic mass is 14.9. The van der Waals surface area contributed by atoms with Crippen molar-refractivity contribution in [1.82, 2.24) is 15.3 Å². The molecule has 1 unspecified atom stereocenters. The third kappa shape index (κ3) is 3.09. The van der Waals surface area contributed by atoms with Gasteiger partial charge in [0.2, 0.25) is 0 Å². The van der Waals surface area contributed by atoms with Crippen LogP contribution in [0.4, 0.5) is 0 Å². The zero-order chi connectivity index (χ0) is 14.5. The highest BCUT2D eigenvalue weighted by Crippen LogP contribution is 2.25. The molecule has 0 radical (unpaired) electrons. The lowest BCUT2D eigenvalue weighted by atomic mass is 9.97. The predicted octanol–water partition coefficient (Wildman–Crippen LogP) is 3.52. The van der Waals surface area contributed by atoms with E-state index in [0.717, 1.165) is 18.4 Å². The van der Waals surface area contributed by atoms with Crippen molar-refractivity contribution < 1.29 is 0 Å². The van der Waals surface area contributed by atoms with Crippen molar-refractivity contribution in [2.45, 2.75) is 18.9 Å². The van der Waals surface area contributed by atoms with Gasteiger partial charge in [-0.05, 0) is 49.2 Å². The largest absolute Gasteiger partial charge is 0.313 e. The normalized spacial score (nSPS) is 12.4. The van der Waals surface area contributed by atoms with Gasteiger partial charge in [-0.25, -0.2) is 0 Å². The summed E-state index contributed by atoms with van der Waals surface area (Å²) in [6, 6.07) is 14.9. The number of pyridine rings is 2. The van der Waals surface area contributed by atoms with E-state index in [9.17, 15) is 0 Å². The summed E-state index contributed by atoms with van der Waals surface area (Å²) in [5.41, 5.74) is 3.68. The molecule has 1 N–H and O–H groups in total. The van der Waals surface area contributed by atoms with Gasteiger partial charge in [-0.1, -0.05) is 24.3 Å². The van der Waals surface area contributed by atoms with Crippen LogP contribution in [0.25, 0.3) is 10.9 Å². The van der Waals surface area contributed by atoms with Gasteiger partial charge in [0.05, 0.1) is 5.52 Å². The van der Waals surface area contributed by atoms with Gasteiger partial charge in [0, 0.05) is 30.0 Å². The minimum absolute atomic E-state index is 0.303. The smallest absolute Gasteiger partial charge is 0.0749 e. The third-order valence-corrected chi connectivity index (χ3v) is 3.86. The second-order valence-corrected chi connectivity index (χ2v) is 5.16. The molecule has 0 fully saturated rings. The number of nitrogens with one attached hydrogen (secondary N) is 1. The van der Waals surface area contributed by atoms with E-state index in [0.29, 0.717) is 6.04 Å². The van der Waals surface area contributed by atoms with Crippen LogP contribution in [0.5, 0.6) is 0 Å². The Morgan fingerprint density at radius 3 is 2.62 bits per heavy atom. The number of nitrogens with zero attached hydrogens (tertiary/aromatic N) is 2. The summed E-state index contributed by atoms with van der Waals surface area (Å²) in [5.74, 6) is 0. The van der Waals surface area contributed by atoms with Crippen molar-refractivity contribution in [3.05, 3.63) is 72.2 Å². The van der Waals surface area contributed by atoms with Gasteiger partial charge in [0.25, 0.3) is 0 Å². The Morgan fingerprint density at radius 2 is 1.81 bits per heavy atom. The fourth-order valence-corrected chi connectivity index (χ4v) is 2.72. The van der Waals surface area contributed by atoms with E-state index in [1.54, 1.807) is 0 Å². The van der Waals surface area contributed by atoms with Crippen LogP contribution in [-0.4, -0.2) is 17.0 Å². The molecule has 3 heteroatoms. The molecule has 0 aliphatic rings. The summed E-state index contributed by atoms with van der Waals surface area (Å²) in [6.45, 7) is 0. The molecule has 106 valence electrons. The van der Waals surface area contributed by atoms with Crippen LogP contribution in [-0.2, 0) is 6.42 Å². The maximum atomic E-state index is 4.56. The van der Waals surface area contributed by atoms with Crippen molar-refractivity contribution >= 4 is 10.9 Å². The Bertz CT molecular complexity index is 704. The molecule has 0 spiro atoms. The van der Waals surface area contributed by atoms with Crippen LogP contribution < -0.4 is 5.32 Å². The number of para-hydroxylation sites is 1. The maximum Gasteiger partial charge on any atom is 0.0749 e. The van der Waals surface area contributed by atoms with Crippen LogP contribution in [0, 0.1) is 0 Å². The van der Waals surface area contributed by atoms with Gasteiger partial charge in [0.15, 0.2) is 0 Å². The molecule has 21 heavy (non-hydrogen) atoms. The standard InChI is InChI=1S/C18H19N3/c1-19-17(8-7-14-9-12-20-13-10-14)16-6-2-4-15-5-3-11-21-18(15)16/h2-6,9-13,17,19H,7-8H2,1H3. The lowest BCUT2D eigenvalue weighted by Crippen LogP contribution is -2.17. The molecular weight excluding hydrogens is 258 g/mol. The van der Waals surface area contributed by atoms with Crippen LogP contribution in [0.15, 0.2) is 61.1 Å². The van der Waals surface area contributed by atoms with E-state index in [1.165, 1.54) is 16.5 Å². The van der Waals surface area contributed by atoms with E-state index in [-0.39, 0.29) is 0 Å². The number of hydrogen-bond donors (Lipinski definition) is 1. The molecule has 2 aromatic heterocycles. The van der Waals surface area contributed by atoms with E-state index in [2.05, 4.69) is 51.7 Å². The van der Waals surface area contributed by atoms with Crippen LogP contribution >= 0.6 is 0 Å². The Balaban J connectivity index is 1.85. The Hall–Kier alpha value is -2.26. The third-order valence-electron chi connectivity index (χ3n) is 3.86. The first-order valence-corrected chi connectivity index (χ1v) is 7.28.